The van der Waals surface area contributed by atoms with E-state index in [1.165, 1.54) is 7.11 Å². The number of alkyl halides is 1. The Morgan fingerprint density at radius 3 is 2.80 bits per heavy atom. The van der Waals surface area contributed by atoms with Crippen molar-refractivity contribution in [3.05, 3.63) is 24.0 Å². The zero-order valence-electron chi connectivity index (χ0n) is 10.8. The number of hydrogen-bond donors (Lipinski definition) is 1. The molecule has 1 heterocycles. The van der Waals surface area contributed by atoms with Crippen molar-refractivity contribution < 1.29 is 27.0 Å². The van der Waals surface area contributed by atoms with Crippen molar-refractivity contribution in [3.63, 3.8) is 0 Å². The molecule has 0 radical (unpaired) electrons. The Labute approximate surface area is 115 Å². The second kappa shape index (κ2) is 5.63. The van der Waals surface area contributed by atoms with Crippen LogP contribution in [0.1, 0.15) is 6.42 Å². The van der Waals surface area contributed by atoms with Crippen LogP contribution in [0.4, 0.5) is 8.78 Å². The number of methoxy groups -OCH3 is 1. The van der Waals surface area contributed by atoms with Crippen molar-refractivity contribution in [2.24, 2.45) is 0 Å². The highest BCUT2D eigenvalue weighted by atomic mass is 32.2. The second-order valence-electron chi connectivity index (χ2n) is 4.54. The molecule has 2 rings (SSSR count). The van der Waals surface area contributed by atoms with E-state index in [2.05, 4.69) is 0 Å². The van der Waals surface area contributed by atoms with Crippen molar-refractivity contribution in [2.45, 2.75) is 23.5 Å². The molecule has 2 atom stereocenters. The van der Waals surface area contributed by atoms with Gasteiger partial charge >= 0.3 is 0 Å². The van der Waals surface area contributed by atoms with E-state index in [0.717, 1.165) is 22.5 Å². The number of hydrogen-bond acceptors (Lipinski definition) is 4. The summed E-state index contributed by atoms with van der Waals surface area (Å²) in [5.74, 6) is -0.891. The number of aliphatic hydroxyl groups is 1. The molecule has 8 heteroatoms. The van der Waals surface area contributed by atoms with Gasteiger partial charge in [-0.1, -0.05) is 0 Å². The lowest BCUT2D eigenvalue weighted by molar-refractivity contribution is 0.213. The van der Waals surface area contributed by atoms with Crippen molar-refractivity contribution in [1.82, 2.24) is 4.31 Å². The lowest BCUT2D eigenvalue weighted by atomic mass is 10.2. The first-order chi connectivity index (χ1) is 9.40. The number of nitrogens with zero attached hydrogens (tertiary/aromatic N) is 1. The normalized spacial score (nSPS) is 24.0. The minimum atomic E-state index is -4.00. The highest BCUT2D eigenvalue weighted by molar-refractivity contribution is 7.89. The fourth-order valence-corrected chi connectivity index (χ4v) is 3.90. The van der Waals surface area contributed by atoms with E-state index in [1.807, 2.05) is 0 Å². The van der Waals surface area contributed by atoms with Crippen LogP contribution in [-0.4, -0.2) is 50.3 Å². The molecule has 0 saturated carbocycles. The van der Waals surface area contributed by atoms with Crippen LogP contribution < -0.4 is 4.74 Å². The molecule has 1 aromatic rings. The first-order valence-electron chi connectivity index (χ1n) is 6.00. The van der Waals surface area contributed by atoms with Crippen molar-refractivity contribution >= 4 is 10.0 Å². The predicted molar refractivity (Wildman–Crippen MR) is 67.2 cm³/mol. The number of sulfonamides is 1. The topological polar surface area (TPSA) is 66.8 Å². The Hall–Kier alpha value is -1.25. The summed E-state index contributed by atoms with van der Waals surface area (Å²) in [7, 11) is -2.77. The van der Waals surface area contributed by atoms with Gasteiger partial charge in [-0.15, -0.1) is 0 Å². The number of aliphatic hydroxyl groups excluding tert-OH is 1. The molecule has 1 aliphatic rings. The fourth-order valence-electron chi connectivity index (χ4n) is 2.23. The largest absolute Gasteiger partial charge is 0.494 e. The van der Waals surface area contributed by atoms with Gasteiger partial charge in [-0.2, -0.15) is 4.31 Å². The summed E-state index contributed by atoms with van der Waals surface area (Å²) in [5, 5.41) is 9.15. The molecule has 20 heavy (non-hydrogen) atoms. The van der Waals surface area contributed by atoms with E-state index in [9.17, 15) is 17.2 Å². The third-order valence-corrected chi connectivity index (χ3v) is 5.17. The minimum absolute atomic E-state index is 0.0476. The third kappa shape index (κ3) is 2.63. The maximum absolute atomic E-state index is 13.4. The van der Waals surface area contributed by atoms with Crippen LogP contribution in [0, 0.1) is 5.82 Å². The molecule has 0 amide bonds. The molecule has 0 bridgehead atoms. The number of halogens is 2. The van der Waals surface area contributed by atoms with Gasteiger partial charge in [0.25, 0.3) is 0 Å². The average molecular weight is 307 g/mol. The summed E-state index contributed by atoms with van der Waals surface area (Å²) in [6.07, 6.45) is -1.36. The Kier molecular flexibility index (Phi) is 4.26. The van der Waals surface area contributed by atoms with Crippen molar-refractivity contribution in [2.75, 3.05) is 20.3 Å². The predicted octanol–water partition coefficient (Wildman–Crippen LogP) is 0.928. The van der Waals surface area contributed by atoms with E-state index < -0.39 is 34.7 Å². The lowest BCUT2D eigenvalue weighted by Crippen LogP contribution is -2.37. The van der Waals surface area contributed by atoms with E-state index in [0.29, 0.717) is 0 Å². The van der Waals surface area contributed by atoms with Gasteiger partial charge in [0, 0.05) is 12.6 Å². The molecule has 0 aliphatic carbocycles. The minimum Gasteiger partial charge on any atom is -0.494 e. The molecule has 1 N–H and O–H groups in total. The highest BCUT2D eigenvalue weighted by Gasteiger charge is 2.40. The lowest BCUT2D eigenvalue weighted by Gasteiger charge is -2.22. The molecule has 0 unspecified atom stereocenters. The van der Waals surface area contributed by atoms with Crippen LogP contribution >= 0.6 is 0 Å². The summed E-state index contributed by atoms with van der Waals surface area (Å²) in [6, 6.07) is 2.31. The van der Waals surface area contributed by atoms with E-state index >= 15 is 0 Å². The Morgan fingerprint density at radius 2 is 2.20 bits per heavy atom. The summed E-state index contributed by atoms with van der Waals surface area (Å²) in [6.45, 7) is -0.773. The van der Waals surface area contributed by atoms with Gasteiger partial charge in [0.2, 0.25) is 10.0 Å². The first-order valence-corrected chi connectivity index (χ1v) is 7.44. The fraction of sp³-hybridized carbons (Fsp3) is 0.500. The van der Waals surface area contributed by atoms with Crippen LogP contribution in [0.25, 0.3) is 0 Å². The maximum Gasteiger partial charge on any atom is 0.243 e. The molecule has 1 aliphatic heterocycles. The molecular weight excluding hydrogens is 292 g/mol. The quantitative estimate of drug-likeness (QED) is 0.898. The van der Waals surface area contributed by atoms with Crippen LogP contribution in [-0.2, 0) is 10.0 Å². The van der Waals surface area contributed by atoms with Gasteiger partial charge in [0.15, 0.2) is 11.6 Å². The first kappa shape index (κ1) is 15.1. The molecule has 1 fully saturated rings. The van der Waals surface area contributed by atoms with Crippen LogP contribution in [0.15, 0.2) is 23.1 Å². The van der Waals surface area contributed by atoms with Gasteiger partial charge in [0.1, 0.15) is 6.17 Å². The summed E-state index contributed by atoms with van der Waals surface area (Å²) < 4.78 is 57.1. The Balaban J connectivity index is 2.40. The monoisotopic (exact) mass is 307 g/mol. The Bertz CT molecular complexity index is 593. The number of ether oxygens (including phenoxy) is 1. The summed E-state index contributed by atoms with van der Waals surface area (Å²) in [4.78, 5) is -0.191. The third-order valence-electron chi connectivity index (χ3n) is 3.25. The van der Waals surface area contributed by atoms with E-state index in [1.54, 1.807) is 0 Å². The van der Waals surface area contributed by atoms with E-state index in [-0.39, 0.29) is 23.6 Å². The molecule has 112 valence electrons. The van der Waals surface area contributed by atoms with Gasteiger partial charge in [-0.3, -0.25) is 0 Å². The van der Waals surface area contributed by atoms with Crippen LogP contribution in [0.5, 0.6) is 5.75 Å². The van der Waals surface area contributed by atoms with Gasteiger partial charge < -0.3 is 9.84 Å². The molecule has 1 saturated heterocycles. The van der Waals surface area contributed by atoms with Crippen LogP contribution in [0.3, 0.4) is 0 Å². The number of rotatable bonds is 4. The maximum atomic E-state index is 13.4. The molecule has 0 spiro atoms. The van der Waals surface area contributed by atoms with Crippen molar-refractivity contribution in [1.29, 1.82) is 0 Å². The number of benzene rings is 1. The zero-order chi connectivity index (χ0) is 14.9. The average Bonchev–Trinajstić information content (AvgIpc) is 2.81. The highest BCUT2D eigenvalue weighted by Crippen LogP contribution is 2.30. The second-order valence-corrected chi connectivity index (χ2v) is 6.43. The summed E-state index contributed by atoms with van der Waals surface area (Å²) in [5.41, 5.74) is 0. The Morgan fingerprint density at radius 1 is 1.50 bits per heavy atom. The van der Waals surface area contributed by atoms with E-state index in [4.69, 9.17) is 9.84 Å². The van der Waals surface area contributed by atoms with Crippen LogP contribution in [0.2, 0.25) is 0 Å². The molecular formula is C12H15F2NO4S. The SMILES string of the molecule is COc1cc(S(=O)(=O)N2C[C@@H](F)C[C@H]2CO)ccc1F. The standard InChI is InChI=1S/C12H15F2NO4S/c1-19-12-5-10(2-3-11(12)14)20(17,18)15-6-8(13)4-9(15)7-16/h2-3,5,8-9,16H,4,6-7H2,1H3/t8-,9-/m0/s1. The van der Waals surface area contributed by atoms with Crippen molar-refractivity contribution in [3.8, 4) is 5.75 Å². The molecule has 0 aromatic heterocycles. The smallest absolute Gasteiger partial charge is 0.243 e. The van der Waals surface area contributed by atoms with Gasteiger partial charge in [-0.25, -0.2) is 17.2 Å². The molecule has 1 aromatic carbocycles. The summed E-state index contributed by atoms with van der Waals surface area (Å²) >= 11 is 0. The zero-order valence-corrected chi connectivity index (χ0v) is 11.6. The van der Waals surface area contributed by atoms with Gasteiger partial charge in [-0.05, 0) is 18.6 Å². The molecule has 5 nitrogen and oxygen atoms in total. The van der Waals surface area contributed by atoms with Gasteiger partial charge in [0.05, 0.1) is 24.7 Å².